The summed E-state index contributed by atoms with van der Waals surface area (Å²) in [7, 11) is 8.07. The number of likely N-dealkylation sites (tertiary alicyclic amines) is 2. The fourth-order valence-electron chi connectivity index (χ4n) is 4.93. The zero-order chi connectivity index (χ0) is 21.5. The number of amides is 2. The van der Waals surface area contributed by atoms with Gasteiger partial charge in [0.1, 0.15) is 6.04 Å². The van der Waals surface area contributed by atoms with Gasteiger partial charge in [0.15, 0.2) is 0 Å². The predicted molar refractivity (Wildman–Crippen MR) is 118 cm³/mol. The van der Waals surface area contributed by atoms with Gasteiger partial charge >= 0.3 is 0 Å². The molecule has 6 heteroatoms. The highest BCUT2D eigenvalue weighted by molar-refractivity contribution is 5.86. The molecule has 6 nitrogen and oxygen atoms in total. The van der Waals surface area contributed by atoms with Gasteiger partial charge in [-0.15, -0.1) is 0 Å². The smallest absolute Gasteiger partial charge is 0.244 e. The van der Waals surface area contributed by atoms with E-state index >= 15 is 0 Å². The minimum absolute atomic E-state index is 0.0640. The zero-order valence-corrected chi connectivity index (χ0v) is 18.9. The standard InChI is InChI=1S/C24H36N4O2/c1-25(2)13-12-24(10-11-24)23(30)28-16-20(17-28)19-14-27(15-19)22(29)21(26(3)4)18-8-6-5-7-9-18/h5-9,19-21H,10-17H2,1-4H3. The SMILES string of the molecule is CN(C)CCC1(C(=O)N2CC(C3CN(C(=O)C(c4ccccc4)N(C)C)C3)C2)CC1. The molecule has 2 aliphatic heterocycles. The third kappa shape index (κ3) is 4.12. The average molecular weight is 413 g/mol. The molecule has 0 N–H and O–H groups in total. The molecule has 0 bridgehead atoms. The van der Waals surface area contributed by atoms with Crippen LogP contribution in [0.1, 0.15) is 30.9 Å². The van der Waals surface area contributed by atoms with Gasteiger partial charge in [0, 0.05) is 38.0 Å². The Labute approximate surface area is 180 Å². The highest BCUT2D eigenvalue weighted by Gasteiger charge is 2.54. The van der Waals surface area contributed by atoms with Crippen molar-refractivity contribution in [2.45, 2.75) is 25.3 Å². The molecule has 1 unspecified atom stereocenters. The van der Waals surface area contributed by atoms with Crippen molar-refractivity contribution in [1.29, 1.82) is 0 Å². The maximum absolute atomic E-state index is 13.1. The lowest BCUT2D eigenvalue weighted by molar-refractivity contribution is -0.154. The minimum Gasteiger partial charge on any atom is -0.342 e. The molecule has 0 radical (unpaired) electrons. The molecule has 1 saturated carbocycles. The Balaban J connectivity index is 1.25. The van der Waals surface area contributed by atoms with Crippen LogP contribution < -0.4 is 0 Å². The van der Waals surface area contributed by atoms with Gasteiger partial charge in [0.05, 0.1) is 5.41 Å². The lowest BCUT2D eigenvalue weighted by Gasteiger charge is -2.52. The molecule has 1 aromatic rings. The van der Waals surface area contributed by atoms with E-state index in [4.69, 9.17) is 0 Å². The molecule has 0 spiro atoms. The number of carbonyl (C=O) groups excluding carboxylic acids is 2. The van der Waals surface area contributed by atoms with Gasteiger partial charge in [0.2, 0.25) is 11.8 Å². The van der Waals surface area contributed by atoms with Gasteiger partial charge in [-0.1, -0.05) is 30.3 Å². The maximum atomic E-state index is 13.1. The first kappa shape index (κ1) is 21.3. The molecule has 0 aromatic heterocycles. The van der Waals surface area contributed by atoms with Crippen LogP contribution in [-0.4, -0.2) is 92.3 Å². The van der Waals surface area contributed by atoms with E-state index in [0.717, 1.165) is 57.5 Å². The Kier molecular flexibility index (Phi) is 5.90. The second-order valence-electron chi connectivity index (χ2n) is 10.1. The molecule has 1 aromatic carbocycles. The maximum Gasteiger partial charge on any atom is 0.244 e. The fourth-order valence-corrected chi connectivity index (χ4v) is 4.93. The van der Waals surface area contributed by atoms with E-state index in [0.29, 0.717) is 17.7 Å². The van der Waals surface area contributed by atoms with Gasteiger partial charge < -0.3 is 14.7 Å². The molecular formula is C24H36N4O2. The van der Waals surface area contributed by atoms with E-state index in [2.05, 4.69) is 23.9 Å². The van der Waals surface area contributed by atoms with Crippen molar-refractivity contribution in [3.8, 4) is 0 Å². The molecule has 1 atom stereocenters. The van der Waals surface area contributed by atoms with Crippen molar-refractivity contribution in [2.75, 3.05) is 60.9 Å². The summed E-state index contributed by atoms with van der Waals surface area (Å²) in [5, 5.41) is 0. The molecular weight excluding hydrogens is 376 g/mol. The lowest BCUT2D eigenvalue weighted by atomic mass is 9.79. The summed E-state index contributed by atoms with van der Waals surface area (Å²) in [5.74, 6) is 1.66. The van der Waals surface area contributed by atoms with Gasteiger partial charge in [-0.05, 0) is 59.6 Å². The first-order valence-corrected chi connectivity index (χ1v) is 11.2. The number of carbonyl (C=O) groups is 2. The number of hydrogen-bond donors (Lipinski definition) is 0. The summed E-state index contributed by atoms with van der Waals surface area (Å²) in [4.78, 5) is 34.3. The van der Waals surface area contributed by atoms with Crippen LogP contribution in [0.3, 0.4) is 0 Å². The molecule has 2 saturated heterocycles. The van der Waals surface area contributed by atoms with Gasteiger partial charge in [-0.25, -0.2) is 0 Å². The van der Waals surface area contributed by atoms with E-state index in [1.54, 1.807) is 0 Å². The summed E-state index contributed by atoms with van der Waals surface area (Å²) in [6.07, 6.45) is 3.09. The van der Waals surface area contributed by atoms with Crippen LogP contribution in [0.4, 0.5) is 0 Å². The van der Waals surface area contributed by atoms with Gasteiger partial charge in [-0.2, -0.15) is 0 Å². The summed E-state index contributed by atoms with van der Waals surface area (Å²) in [6.45, 7) is 4.40. The van der Waals surface area contributed by atoms with Crippen LogP contribution >= 0.6 is 0 Å². The Morgan fingerprint density at radius 3 is 2.03 bits per heavy atom. The molecule has 1 aliphatic carbocycles. The predicted octanol–water partition coefficient (Wildman–Crippen LogP) is 1.94. The van der Waals surface area contributed by atoms with E-state index < -0.39 is 0 Å². The lowest BCUT2D eigenvalue weighted by Crippen LogP contribution is -2.63. The van der Waals surface area contributed by atoms with E-state index in [1.807, 2.05) is 54.2 Å². The Morgan fingerprint density at radius 2 is 1.53 bits per heavy atom. The van der Waals surface area contributed by atoms with Crippen LogP contribution in [0.5, 0.6) is 0 Å². The summed E-state index contributed by atoms with van der Waals surface area (Å²) < 4.78 is 0. The van der Waals surface area contributed by atoms with Gasteiger partial charge in [-0.3, -0.25) is 14.5 Å². The highest BCUT2D eigenvalue weighted by Crippen LogP contribution is 2.51. The number of nitrogens with zero attached hydrogens (tertiary/aromatic N) is 4. The second-order valence-corrected chi connectivity index (χ2v) is 10.1. The summed E-state index contributed by atoms with van der Waals surface area (Å²) >= 11 is 0. The van der Waals surface area contributed by atoms with Crippen LogP contribution in [-0.2, 0) is 9.59 Å². The molecule has 4 rings (SSSR count). The normalized spacial score (nSPS) is 22.1. The minimum atomic E-state index is -0.224. The third-order valence-electron chi connectivity index (χ3n) is 7.30. The van der Waals surface area contributed by atoms with E-state index in [-0.39, 0.29) is 17.4 Å². The Bertz CT molecular complexity index is 763. The van der Waals surface area contributed by atoms with Crippen LogP contribution in [0.2, 0.25) is 0 Å². The van der Waals surface area contributed by atoms with E-state index in [1.165, 1.54) is 0 Å². The first-order chi connectivity index (χ1) is 14.3. The summed E-state index contributed by atoms with van der Waals surface area (Å²) in [5.41, 5.74) is 0.981. The highest BCUT2D eigenvalue weighted by atomic mass is 16.2. The fraction of sp³-hybridized carbons (Fsp3) is 0.667. The second kappa shape index (κ2) is 8.31. The molecule has 164 valence electrons. The quantitative estimate of drug-likeness (QED) is 0.655. The molecule has 3 aliphatic rings. The van der Waals surface area contributed by atoms with Crippen LogP contribution in [0, 0.1) is 17.3 Å². The van der Waals surface area contributed by atoms with Crippen molar-refractivity contribution >= 4 is 11.8 Å². The third-order valence-corrected chi connectivity index (χ3v) is 7.30. The van der Waals surface area contributed by atoms with Crippen molar-refractivity contribution in [3.63, 3.8) is 0 Å². The number of likely N-dealkylation sites (N-methyl/N-ethyl adjacent to an activating group) is 1. The zero-order valence-electron chi connectivity index (χ0n) is 18.9. The largest absolute Gasteiger partial charge is 0.342 e. The monoisotopic (exact) mass is 412 g/mol. The Morgan fingerprint density at radius 1 is 0.967 bits per heavy atom. The van der Waals surface area contributed by atoms with Crippen LogP contribution in [0.25, 0.3) is 0 Å². The van der Waals surface area contributed by atoms with Gasteiger partial charge in [0.25, 0.3) is 0 Å². The molecule has 2 amide bonds. The summed E-state index contributed by atoms with van der Waals surface area (Å²) in [6, 6.07) is 9.79. The molecule has 2 heterocycles. The number of rotatable bonds is 8. The topological polar surface area (TPSA) is 47.1 Å². The van der Waals surface area contributed by atoms with E-state index in [9.17, 15) is 9.59 Å². The van der Waals surface area contributed by atoms with Crippen molar-refractivity contribution in [1.82, 2.24) is 19.6 Å². The van der Waals surface area contributed by atoms with Crippen molar-refractivity contribution in [2.24, 2.45) is 17.3 Å². The average Bonchev–Trinajstić information content (AvgIpc) is 3.42. The first-order valence-electron chi connectivity index (χ1n) is 11.2. The molecule has 3 fully saturated rings. The van der Waals surface area contributed by atoms with Crippen molar-refractivity contribution in [3.05, 3.63) is 35.9 Å². The van der Waals surface area contributed by atoms with Crippen LogP contribution in [0.15, 0.2) is 30.3 Å². The number of hydrogen-bond acceptors (Lipinski definition) is 4. The Hall–Kier alpha value is -1.92. The van der Waals surface area contributed by atoms with Crippen molar-refractivity contribution < 1.29 is 9.59 Å². The number of benzene rings is 1. The molecule has 30 heavy (non-hydrogen) atoms.